The van der Waals surface area contributed by atoms with Crippen LogP contribution in [-0.2, 0) is 14.8 Å². The van der Waals surface area contributed by atoms with Crippen LogP contribution < -0.4 is 10.0 Å². The summed E-state index contributed by atoms with van der Waals surface area (Å²) in [4.78, 5) is 12.1. The van der Waals surface area contributed by atoms with Crippen molar-refractivity contribution in [2.45, 2.75) is 12.3 Å². The minimum Gasteiger partial charge on any atom is -0.469 e. The lowest BCUT2D eigenvalue weighted by atomic mass is 9.93. The minimum atomic E-state index is -3.24. The Morgan fingerprint density at radius 1 is 1.13 bits per heavy atom. The number of hydrogen-bond donors (Lipinski definition) is 2. The molecule has 1 unspecified atom stereocenters. The molecule has 0 aliphatic heterocycles. The lowest BCUT2D eigenvalue weighted by Crippen LogP contribution is -2.34. The third-order valence-corrected chi connectivity index (χ3v) is 4.02. The van der Waals surface area contributed by atoms with Crippen molar-refractivity contribution in [3.8, 4) is 0 Å². The standard InChI is InChI=1S/C16H20N2O4S/c1-23(20,21)18-10-9-17-16(19)12-14(15-8-5-11-22-15)13-6-3-2-4-7-13/h2-8,11,14,18H,9-10,12H2,1H3,(H,17,19). The van der Waals surface area contributed by atoms with Gasteiger partial charge in [-0.05, 0) is 17.7 Å². The minimum absolute atomic E-state index is 0.162. The van der Waals surface area contributed by atoms with Crippen LogP contribution in [0, 0.1) is 0 Å². The molecule has 1 heterocycles. The van der Waals surface area contributed by atoms with E-state index in [0.29, 0.717) is 0 Å². The van der Waals surface area contributed by atoms with Crippen LogP contribution in [-0.4, -0.2) is 33.7 Å². The number of sulfonamides is 1. The van der Waals surface area contributed by atoms with E-state index in [0.717, 1.165) is 17.6 Å². The molecule has 0 aliphatic carbocycles. The van der Waals surface area contributed by atoms with Gasteiger partial charge in [0.15, 0.2) is 0 Å². The second kappa shape index (κ2) is 7.94. The van der Waals surface area contributed by atoms with Gasteiger partial charge in [-0.15, -0.1) is 0 Å². The van der Waals surface area contributed by atoms with Gasteiger partial charge in [0.2, 0.25) is 15.9 Å². The van der Waals surface area contributed by atoms with Gasteiger partial charge in [-0.25, -0.2) is 13.1 Å². The van der Waals surface area contributed by atoms with Crippen molar-refractivity contribution in [1.82, 2.24) is 10.0 Å². The maximum absolute atomic E-state index is 12.1. The largest absolute Gasteiger partial charge is 0.469 e. The molecular formula is C16H20N2O4S. The van der Waals surface area contributed by atoms with Crippen molar-refractivity contribution >= 4 is 15.9 Å². The number of hydrogen-bond acceptors (Lipinski definition) is 4. The zero-order chi connectivity index (χ0) is 16.7. The van der Waals surface area contributed by atoms with Gasteiger partial charge in [-0.2, -0.15) is 0 Å². The lowest BCUT2D eigenvalue weighted by molar-refractivity contribution is -0.121. The van der Waals surface area contributed by atoms with Crippen molar-refractivity contribution in [3.05, 3.63) is 60.1 Å². The highest BCUT2D eigenvalue weighted by molar-refractivity contribution is 7.88. The van der Waals surface area contributed by atoms with Crippen molar-refractivity contribution in [1.29, 1.82) is 0 Å². The van der Waals surface area contributed by atoms with Crippen LogP contribution >= 0.6 is 0 Å². The number of benzene rings is 1. The Balaban J connectivity index is 1.95. The molecule has 2 N–H and O–H groups in total. The number of furan rings is 1. The van der Waals surface area contributed by atoms with Crippen molar-refractivity contribution in [2.24, 2.45) is 0 Å². The van der Waals surface area contributed by atoms with Gasteiger partial charge in [-0.1, -0.05) is 30.3 Å². The average Bonchev–Trinajstić information content (AvgIpc) is 3.03. The Labute approximate surface area is 135 Å². The van der Waals surface area contributed by atoms with E-state index in [1.807, 2.05) is 36.4 Å². The van der Waals surface area contributed by atoms with Gasteiger partial charge < -0.3 is 9.73 Å². The molecule has 0 saturated heterocycles. The van der Waals surface area contributed by atoms with Crippen molar-refractivity contribution < 1.29 is 17.6 Å². The summed E-state index contributed by atoms with van der Waals surface area (Å²) in [6.45, 7) is 0.410. The fraction of sp³-hybridized carbons (Fsp3) is 0.312. The Hall–Kier alpha value is -2.12. The van der Waals surface area contributed by atoms with E-state index in [9.17, 15) is 13.2 Å². The molecule has 0 fully saturated rings. The topological polar surface area (TPSA) is 88.4 Å². The molecule has 23 heavy (non-hydrogen) atoms. The summed E-state index contributed by atoms with van der Waals surface area (Å²) >= 11 is 0. The van der Waals surface area contributed by atoms with Crippen molar-refractivity contribution in [2.75, 3.05) is 19.3 Å². The van der Waals surface area contributed by atoms with E-state index in [1.54, 1.807) is 12.3 Å². The second-order valence-electron chi connectivity index (χ2n) is 5.20. The summed E-state index contributed by atoms with van der Waals surface area (Å²) in [5.74, 6) is 0.389. The highest BCUT2D eigenvalue weighted by Gasteiger charge is 2.20. The van der Waals surface area contributed by atoms with Crippen LogP contribution in [0.25, 0.3) is 0 Å². The molecule has 1 amide bonds. The quantitative estimate of drug-likeness (QED) is 0.715. The number of carbonyl (C=O) groups is 1. The van der Waals surface area contributed by atoms with Crippen LogP contribution in [0.1, 0.15) is 23.7 Å². The summed E-state index contributed by atoms with van der Waals surface area (Å²) in [6, 6.07) is 13.3. The highest BCUT2D eigenvalue weighted by Crippen LogP contribution is 2.28. The normalized spacial score (nSPS) is 12.7. The molecule has 0 aliphatic rings. The van der Waals surface area contributed by atoms with Crippen LogP contribution in [0.15, 0.2) is 53.1 Å². The van der Waals surface area contributed by atoms with E-state index in [2.05, 4.69) is 10.0 Å². The Bertz CT molecular complexity index is 712. The molecule has 1 aromatic carbocycles. The summed E-state index contributed by atoms with van der Waals surface area (Å²) in [5.41, 5.74) is 0.992. The maximum atomic E-state index is 12.1. The molecular weight excluding hydrogens is 316 g/mol. The summed E-state index contributed by atoms with van der Waals surface area (Å²) in [7, 11) is -3.24. The average molecular weight is 336 g/mol. The molecule has 7 heteroatoms. The highest BCUT2D eigenvalue weighted by atomic mass is 32.2. The van der Waals surface area contributed by atoms with E-state index in [-0.39, 0.29) is 31.3 Å². The fourth-order valence-electron chi connectivity index (χ4n) is 2.25. The molecule has 124 valence electrons. The molecule has 0 spiro atoms. The van der Waals surface area contributed by atoms with Crippen LogP contribution in [0.5, 0.6) is 0 Å². The van der Waals surface area contributed by atoms with E-state index >= 15 is 0 Å². The first-order chi connectivity index (χ1) is 11.0. The van der Waals surface area contributed by atoms with Gasteiger partial charge in [-0.3, -0.25) is 4.79 Å². The first-order valence-corrected chi connectivity index (χ1v) is 9.14. The first-order valence-electron chi connectivity index (χ1n) is 7.25. The molecule has 1 aromatic heterocycles. The fourth-order valence-corrected chi connectivity index (χ4v) is 2.73. The van der Waals surface area contributed by atoms with E-state index in [1.165, 1.54) is 0 Å². The predicted molar refractivity (Wildman–Crippen MR) is 87.5 cm³/mol. The summed E-state index contributed by atoms with van der Waals surface area (Å²) in [5, 5.41) is 2.71. The molecule has 2 rings (SSSR count). The van der Waals surface area contributed by atoms with Crippen LogP contribution in [0.2, 0.25) is 0 Å². The van der Waals surface area contributed by atoms with E-state index in [4.69, 9.17) is 4.42 Å². The maximum Gasteiger partial charge on any atom is 0.221 e. The van der Waals surface area contributed by atoms with E-state index < -0.39 is 10.0 Å². The van der Waals surface area contributed by atoms with Gasteiger partial charge in [0.25, 0.3) is 0 Å². The Morgan fingerprint density at radius 2 is 1.87 bits per heavy atom. The number of nitrogens with one attached hydrogen (secondary N) is 2. The third kappa shape index (κ3) is 5.88. The number of rotatable bonds is 8. The Kier molecular flexibility index (Phi) is 5.95. The smallest absolute Gasteiger partial charge is 0.221 e. The lowest BCUT2D eigenvalue weighted by Gasteiger charge is -2.15. The molecule has 0 bridgehead atoms. The molecule has 2 aromatic rings. The van der Waals surface area contributed by atoms with Gasteiger partial charge in [0.1, 0.15) is 5.76 Å². The van der Waals surface area contributed by atoms with Gasteiger partial charge in [0, 0.05) is 19.5 Å². The third-order valence-electron chi connectivity index (χ3n) is 3.29. The SMILES string of the molecule is CS(=O)(=O)NCCNC(=O)CC(c1ccccc1)c1ccco1. The first kappa shape index (κ1) is 17.2. The molecule has 0 saturated carbocycles. The molecule has 6 nitrogen and oxygen atoms in total. The van der Waals surface area contributed by atoms with Crippen LogP contribution in [0.3, 0.4) is 0 Å². The summed E-state index contributed by atoms with van der Waals surface area (Å²) < 4.78 is 29.7. The van der Waals surface area contributed by atoms with Crippen molar-refractivity contribution in [3.63, 3.8) is 0 Å². The Morgan fingerprint density at radius 3 is 2.48 bits per heavy atom. The predicted octanol–water partition coefficient (Wildman–Crippen LogP) is 1.47. The van der Waals surface area contributed by atoms with Crippen LogP contribution in [0.4, 0.5) is 0 Å². The number of amides is 1. The molecule has 1 atom stereocenters. The zero-order valence-electron chi connectivity index (χ0n) is 12.9. The zero-order valence-corrected chi connectivity index (χ0v) is 13.7. The van der Waals surface area contributed by atoms with Gasteiger partial charge >= 0.3 is 0 Å². The summed E-state index contributed by atoms with van der Waals surface area (Å²) in [6.07, 6.45) is 2.90. The van der Waals surface area contributed by atoms with Gasteiger partial charge in [0.05, 0.1) is 18.4 Å². The number of carbonyl (C=O) groups excluding carboxylic acids is 1. The second-order valence-corrected chi connectivity index (χ2v) is 7.03. The molecule has 0 radical (unpaired) electrons. The monoisotopic (exact) mass is 336 g/mol.